The number of aliphatic hydroxyl groups is 1. The zero-order valence-electron chi connectivity index (χ0n) is 13.7. The molecule has 0 radical (unpaired) electrons. The summed E-state index contributed by atoms with van der Waals surface area (Å²) in [6, 6.07) is 12.8. The van der Waals surface area contributed by atoms with E-state index in [2.05, 4.69) is 5.32 Å². The van der Waals surface area contributed by atoms with Crippen molar-refractivity contribution in [1.82, 2.24) is 10.2 Å². The molecule has 1 aliphatic rings. The fourth-order valence-electron chi connectivity index (χ4n) is 3.14. The standard InChI is InChI=1S/C19H20F2N2O2/c20-15-7-6-14(10-16(15)21)18(24)12-23-9-8-22-19(25)11-17(23)13-4-2-1-3-5-13/h1-7,10,17-18,24H,8-9,11-12H2,(H,22,25)/t17-,18-/m0/s1. The number of nitrogens with zero attached hydrogens (tertiary/aromatic N) is 1. The summed E-state index contributed by atoms with van der Waals surface area (Å²) in [7, 11) is 0. The topological polar surface area (TPSA) is 52.6 Å². The maximum Gasteiger partial charge on any atom is 0.221 e. The van der Waals surface area contributed by atoms with E-state index in [1.165, 1.54) is 6.07 Å². The second-order valence-corrected chi connectivity index (χ2v) is 6.16. The molecule has 2 N–H and O–H groups in total. The Kier molecular flexibility index (Phi) is 5.40. The average Bonchev–Trinajstić information content (AvgIpc) is 2.79. The van der Waals surface area contributed by atoms with Crippen LogP contribution in [0.5, 0.6) is 0 Å². The molecule has 0 aliphatic carbocycles. The lowest BCUT2D eigenvalue weighted by Crippen LogP contribution is -2.34. The van der Waals surface area contributed by atoms with Crippen LogP contribution in [0.4, 0.5) is 8.78 Å². The Labute approximate surface area is 145 Å². The molecular formula is C19H20F2N2O2. The first kappa shape index (κ1) is 17.5. The minimum Gasteiger partial charge on any atom is -0.387 e. The van der Waals surface area contributed by atoms with Crippen LogP contribution in [0, 0.1) is 11.6 Å². The molecule has 0 unspecified atom stereocenters. The molecule has 1 aliphatic heterocycles. The van der Waals surface area contributed by atoms with Crippen LogP contribution in [0.3, 0.4) is 0 Å². The predicted molar refractivity (Wildman–Crippen MR) is 89.7 cm³/mol. The summed E-state index contributed by atoms with van der Waals surface area (Å²) in [5.41, 5.74) is 1.30. The molecule has 1 amide bonds. The maximum absolute atomic E-state index is 13.4. The van der Waals surface area contributed by atoms with Gasteiger partial charge in [0.05, 0.1) is 6.10 Å². The van der Waals surface area contributed by atoms with E-state index in [1.807, 2.05) is 35.2 Å². The Bertz CT molecular complexity index is 739. The lowest BCUT2D eigenvalue weighted by Gasteiger charge is -2.31. The summed E-state index contributed by atoms with van der Waals surface area (Å²) >= 11 is 0. The number of carbonyl (C=O) groups is 1. The molecule has 132 valence electrons. The Balaban J connectivity index is 1.81. The minimum absolute atomic E-state index is 0.0429. The zero-order chi connectivity index (χ0) is 17.8. The van der Waals surface area contributed by atoms with Gasteiger partial charge in [0.25, 0.3) is 0 Å². The summed E-state index contributed by atoms with van der Waals surface area (Å²) in [6.45, 7) is 1.26. The first-order valence-electron chi connectivity index (χ1n) is 8.23. The van der Waals surface area contributed by atoms with Crippen molar-refractivity contribution in [1.29, 1.82) is 0 Å². The van der Waals surface area contributed by atoms with E-state index < -0.39 is 17.7 Å². The molecule has 0 bridgehead atoms. The van der Waals surface area contributed by atoms with Crippen molar-refractivity contribution in [2.24, 2.45) is 0 Å². The Morgan fingerprint density at radius 2 is 1.92 bits per heavy atom. The molecular weight excluding hydrogens is 326 g/mol. The van der Waals surface area contributed by atoms with E-state index in [-0.39, 0.29) is 24.9 Å². The van der Waals surface area contributed by atoms with E-state index in [0.29, 0.717) is 18.7 Å². The number of hydrogen-bond donors (Lipinski definition) is 2. The smallest absolute Gasteiger partial charge is 0.221 e. The van der Waals surface area contributed by atoms with Crippen molar-refractivity contribution in [3.63, 3.8) is 0 Å². The van der Waals surface area contributed by atoms with Gasteiger partial charge in [-0.05, 0) is 23.3 Å². The quantitative estimate of drug-likeness (QED) is 0.895. The van der Waals surface area contributed by atoms with Crippen molar-refractivity contribution in [2.75, 3.05) is 19.6 Å². The molecule has 0 aromatic heterocycles. The second-order valence-electron chi connectivity index (χ2n) is 6.16. The molecule has 2 aromatic rings. The number of amides is 1. The molecule has 3 rings (SSSR count). The number of carbonyl (C=O) groups excluding carboxylic acids is 1. The van der Waals surface area contributed by atoms with Crippen LogP contribution in [-0.2, 0) is 4.79 Å². The van der Waals surface area contributed by atoms with Gasteiger partial charge in [-0.25, -0.2) is 8.78 Å². The second kappa shape index (κ2) is 7.72. The SMILES string of the molecule is O=C1C[C@@H](c2ccccc2)N(C[C@H](O)c2ccc(F)c(F)c2)CCN1. The lowest BCUT2D eigenvalue weighted by atomic mass is 10.0. The third-order valence-electron chi connectivity index (χ3n) is 4.46. The van der Waals surface area contributed by atoms with E-state index >= 15 is 0 Å². The van der Waals surface area contributed by atoms with Gasteiger partial charge >= 0.3 is 0 Å². The molecule has 0 spiro atoms. The largest absolute Gasteiger partial charge is 0.387 e. The number of hydrogen-bond acceptors (Lipinski definition) is 3. The number of nitrogens with one attached hydrogen (secondary N) is 1. The highest BCUT2D eigenvalue weighted by Gasteiger charge is 2.28. The first-order chi connectivity index (χ1) is 12.0. The highest BCUT2D eigenvalue weighted by atomic mass is 19.2. The van der Waals surface area contributed by atoms with Gasteiger partial charge in [0.2, 0.25) is 5.91 Å². The predicted octanol–water partition coefficient (Wildman–Crippen LogP) is 2.56. The van der Waals surface area contributed by atoms with Crippen molar-refractivity contribution in [2.45, 2.75) is 18.6 Å². The van der Waals surface area contributed by atoms with Gasteiger partial charge < -0.3 is 10.4 Å². The Hall–Kier alpha value is -2.31. The summed E-state index contributed by atoms with van der Waals surface area (Å²) in [6.07, 6.45) is -0.691. The van der Waals surface area contributed by atoms with Crippen LogP contribution in [0.15, 0.2) is 48.5 Å². The van der Waals surface area contributed by atoms with Gasteiger partial charge in [-0.1, -0.05) is 36.4 Å². The molecule has 1 fully saturated rings. The number of rotatable bonds is 4. The van der Waals surface area contributed by atoms with Crippen LogP contribution >= 0.6 is 0 Å². The van der Waals surface area contributed by atoms with Crippen molar-refractivity contribution >= 4 is 5.91 Å². The summed E-state index contributed by atoms with van der Waals surface area (Å²) < 4.78 is 26.5. The van der Waals surface area contributed by atoms with Gasteiger partial charge in [0.1, 0.15) is 0 Å². The van der Waals surface area contributed by atoms with Gasteiger partial charge in [0, 0.05) is 32.1 Å². The molecule has 4 nitrogen and oxygen atoms in total. The third-order valence-corrected chi connectivity index (χ3v) is 4.46. The zero-order valence-corrected chi connectivity index (χ0v) is 13.7. The minimum atomic E-state index is -0.983. The molecule has 1 saturated heterocycles. The normalized spacial score (nSPS) is 20.0. The van der Waals surface area contributed by atoms with E-state index in [1.54, 1.807) is 0 Å². The van der Waals surface area contributed by atoms with Crippen LogP contribution in [0.2, 0.25) is 0 Å². The molecule has 1 heterocycles. The number of aliphatic hydroxyl groups excluding tert-OH is 1. The number of halogens is 2. The van der Waals surface area contributed by atoms with Crippen LogP contribution in [0.25, 0.3) is 0 Å². The number of benzene rings is 2. The summed E-state index contributed by atoms with van der Waals surface area (Å²) in [5, 5.41) is 13.3. The summed E-state index contributed by atoms with van der Waals surface area (Å²) in [5.74, 6) is -1.97. The van der Waals surface area contributed by atoms with Crippen LogP contribution in [-0.4, -0.2) is 35.5 Å². The monoisotopic (exact) mass is 346 g/mol. The van der Waals surface area contributed by atoms with Crippen LogP contribution < -0.4 is 5.32 Å². The molecule has 0 saturated carbocycles. The molecule has 2 atom stereocenters. The maximum atomic E-state index is 13.4. The summed E-state index contributed by atoms with van der Waals surface area (Å²) in [4.78, 5) is 14.0. The van der Waals surface area contributed by atoms with Crippen molar-refractivity contribution in [3.8, 4) is 0 Å². The molecule has 2 aromatic carbocycles. The van der Waals surface area contributed by atoms with Crippen LogP contribution in [0.1, 0.15) is 29.7 Å². The first-order valence-corrected chi connectivity index (χ1v) is 8.23. The highest BCUT2D eigenvalue weighted by Crippen LogP contribution is 2.28. The Morgan fingerprint density at radius 1 is 1.16 bits per heavy atom. The molecule has 25 heavy (non-hydrogen) atoms. The number of β-amino-alcohol motifs (C(OH)–C–C–N with tert-alkyl or cyclic N) is 1. The van der Waals surface area contributed by atoms with Gasteiger partial charge in [-0.2, -0.15) is 0 Å². The van der Waals surface area contributed by atoms with E-state index in [0.717, 1.165) is 17.7 Å². The highest BCUT2D eigenvalue weighted by molar-refractivity contribution is 5.77. The molecule has 6 heteroatoms. The lowest BCUT2D eigenvalue weighted by molar-refractivity contribution is -0.121. The van der Waals surface area contributed by atoms with Gasteiger partial charge in [0.15, 0.2) is 11.6 Å². The van der Waals surface area contributed by atoms with Crippen molar-refractivity contribution < 1.29 is 18.7 Å². The third kappa shape index (κ3) is 4.21. The average molecular weight is 346 g/mol. The van der Waals surface area contributed by atoms with Crippen molar-refractivity contribution in [3.05, 3.63) is 71.3 Å². The fraction of sp³-hybridized carbons (Fsp3) is 0.316. The fourth-order valence-corrected chi connectivity index (χ4v) is 3.14. The Morgan fingerprint density at radius 3 is 2.64 bits per heavy atom. The van der Waals surface area contributed by atoms with Gasteiger partial charge in [-0.15, -0.1) is 0 Å². The van der Waals surface area contributed by atoms with E-state index in [9.17, 15) is 18.7 Å². The van der Waals surface area contributed by atoms with E-state index in [4.69, 9.17) is 0 Å². The van der Waals surface area contributed by atoms with Gasteiger partial charge in [-0.3, -0.25) is 9.69 Å².